The minimum absolute atomic E-state index is 0. The molecule has 7 heteroatoms. The number of hydrogen-bond donors (Lipinski definition) is 1. The third-order valence-electron chi connectivity index (χ3n) is 0.0667. The highest BCUT2D eigenvalue weighted by atomic mass is 32.2. The van der Waals surface area contributed by atoms with Crippen LogP contribution in [0.15, 0.2) is 4.53 Å². The summed E-state index contributed by atoms with van der Waals surface area (Å²) in [7, 11) is 3.36. The molecule has 0 heterocycles. The van der Waals surface area contributed by atoms with E-state index in [0.717, 1.165) is 0 Å². The maximum Gasteiger partial charge on any atom is 0.338 e. The number of nitrogens with zero attached hydrogens (tertiary/aromatic N) is 2. The van der Waals surface area contributed by atoms with Gasteiger partial charge in [0.05, 0.1) is 0 Å². The summed E-state index contributed by atoms with van der Waals surface area (Å²) in [6.07, 6.45) is 0. The standard InChI is InChI=1S/C3H9N.HNO3S.H2O/c1-4(2)3;2-1-5(3)4;/h1-3H3;2H;1H2. The van der Waals surface area contributed by atoms with Crippen LogP contribution in [0.2, 0.25) is 0 Å². The Hall–Kier alpha value is -0.500. The Morgan fingerprint density at radius 1 is 1.30 bits per heavy atom. The summed E-state index contributed by atoms with van der Waals surface area (Å²) < 4.78 is 19.7. The van der Waals surface area contributed by atoms with Crippen LogP contribution in [-0.2, 0) is 10.5 Å². The molecule has 0 fully saturated rings. The molecule has 0 aliphatic heterocycles. The molecular weight excluding hydrogens is 160 g/mol. The molecule has 3 N–H and O–H groups in total. The van der Waals surface area contributed by atoms with Gasteiger partial charge in [0, 0.05) is 0 Å². The van der Waals surface area contributed by atoms with Crippen molar-refractivity contribution in [2.75, 3.05) is 21.1 Å². The van der Waals surface area contributed by atoms with Gasteiger partial charge >= 0.3 is 10.5 Å². The van der Waals surface area contributed by atoms with Crippen molar-refractivity contribution in [1.82, 2.24) is 4.90 Å². The number of hydrogen-bond acceptors (Lipinski definition) is 4. The predicted octanol–water partition coefficient (Wildman–Crippen LogP) is -1.21. The minimum Gasteiger partial charge on any atom is -0.412 e. The fourth-order valence-electron chi connectivity index (χ4n) is 0. The van der Waals surface area contributed by atoms with Gasteiger partial charge in [-0.2, -0.15) is 8.42 Å². The third kappa shape index (κ3) is 141. The highest BCUT2D eigenvalue weighted by Crippen LogP contribution is 1.47. The molecule has 10 heavy (non-hydrogen) atoms. The molecular formula is C3H12N2O4S. The monoisotopic (exact) mass is 172 g/mol. The van der Waals surface area contributed by atoms with Gasteiger partial charge in [0.15, 0.2) is 0 Å². The molecule has 0 saturated carbocycles. The minimum atomic E-state index is -2.64. The van der Waals surface area contributed by atoms with Crippen molar-refractivity contribution in [3.05, 3.63) is 0 Å². The molecule has 0 radical (unpaired) electrons. The Balaban J connectivity index is -0.0000000910. The summed E-state index contributed by atoms with van der Waals surface area (Å²) in [5.41, 5.74) is 0. The number of rotatable bonds is 0. The van der Waals surface area contributed by atoms with E-state index in [1.807, 2.05) is 26.0 Å². The molecule has 0 aliphatic carbocycles. The lowest BCUT2D eigenvalue weighted by Crippen LogP contribution is -1.99. The quantitative estimate of drug-likeness (QED) is 0.463. The molecule has 0 atom stereocenters. The van der Waals surface area contributed by atoms with Crippen molar-refractivity contribution in [3.8, 4) is 0 Å². The topological polar surface area (TPSA) is 101 Å². The third-order valence-corrected chi connectivity index (χ3v) is 0.200. The van der Waals surface area contributed by atoms with Gasteiger partial charge in [0.2, 0.25) is 0 Å². The van der Waals surface area contributed by atoms with Gasteiger partial charge in [0.1, 0.15) is 0 Å². The Kier molecular flexibility index (Phi) is 18.4. The van der Waals surface area contributed by atoms with Gasteiger partial charge in [-0.05, 0) is 25.7 Å². The normalized spacial score (nSPS) is 6.90. The Morgan fingerprint density at radius 2 is 1.40 bits per heavy atom. The molecule has 6 nitrogen and oxygen atoms in total. The van der Waals surface area contributed by atoms with E-state index in [1.165, 1.54) is 0 Å². The van der Waals surface area contributed by atoms with Crippen LogP contribution in [0.5, 0.6) is 0 Å². The van der Waals surface area contributed by atoms with Crippen LogP contribution in [0, 0.1) is 0 Å². The molecule has 0 aromatic rings. The molecule has 64 valence electrons. The Bertz CT molecular complexity index is 151. The lowest BCUT2D eigenvalue weighted by molar-refractivity contribution is 0.324. The zero-order chi connectivity index (χ0) is 7.86. The van der Waals surface area contributed by atoms with Crippen LogP contribution in [0.3, 0.4) is 0 Å². The van der Waals surface area contributed by atoms with Gasteiger partial charge in [-0.25, -0.2) is 0 Å². The molecule has 0 amide bonds. The molecule has 0 rings (SSSR count). The van der Waals surface area contributed by atoms with Crippen LogP contribution < -0.4 is 0 Å². The summed E-state index contributed by atoms with van der Waals surface area (Å²) in [6, 6.07) is 0. The lowest BCUT2D eigenvalue weighted by atomic mass is 11.0. The van der Waals surface area contributed by atoms with Gasteiger partial charge < -0.3 is 10.4 Å². The summed E-state index contributed by atoms with van der Waals surface area (Å²) in [4.78, 5) is 2.00. The summed E-state index contributed by atoms with van der Waals surface area (Å²) >= 11 is 0. The maximum absolute atomic E-state index is 8.95. The van der Waals surface area contributed by atoms with Gasteiger partial charge in [-0.15, -0.1) is 0 Å². The van der Waals surface area contributed by atoms with Gasteiger partial charge in [-0.1, -0.05) is 0 Å². The summed E-state index contributed by atoms with van der Waals surface area (Å²) in [5, 5.41) is 7.16. The van der Waals surface area contributed by atoms with Crippen molar-refractivity contribution < 1.29 is 19.1 Å². The van der Waals surface area contributed by atoms with Crippen molar-refractivity contribution in [2.45, 2.75) is 0 Å². The second-order valence-corrected chi connectivity index (χ2v) is 2.24. The Morgan fingerprint density at radius 3 is 1.40 bits per heavy atom. The average molecular weight is 172 g/mol. The van der Waals surface area contributed by atoms with E-state index < -0.39 is 10.5 Å². The second kappa shape index (κ2) is 11.3. The van der Waals surface area contributed by atoms with Gasteiger partial charge in [0.25, 0.3) is 0 Å². The zero-order valence-corrected chi connectivity index (χ0v) is 6.88. The lowest BCUT2D eigenvalue weighted by Gasteiger charge is -1.90. The van der Waals surface area contributed by atoms with Crippen molar-refractivity contribution in [3.63, 3.8) is 0 Å². The molecule has 0 spiro atoms. The van der Waals surface area contributed by atoms with Crippen LogP contribution >= 0.6 is 0 Å². The van der Waals surface area contributed by atoms with Crippen molar-refractivity contribution in [1.29, 1.82) is 0 Å². The Labute approximate surface area is 61.1 Å². The van der Waals surface area contributed by atoms with Crippen molar-refractivity contribution >= 4 is 10.5 Å². The molecule has 0 unspecified atom stereocenters. The summed E-state index contributed by atoms with van der Waals surface area (Å²) in [5.74, 6) is 0. The van der Waals surface area contributed by atoms with Crippen molar-refractivity contribution in [2.24, 2.45) is 4.53 Å². The second-order valence-electron chi connectivity index (χ2n) is 1.64. The van der Waals surface area contributed by atoms with Crippen LogP contribution in [0.25, 0.3) is 0 Å². The van der Waals surface area contributed by atoms with E-state index in [1.54, 1.807) is 4.53 Å². The van der Waals surface area contributed by atoms with Crippen LogP contribution in [0.1, 0.15) is 0 Å². The fraction of sp³-hybridized carbons (Fsp3) is 1.00. The fourth-order valence-corrected chi connectivity index (χ4v) is 0. The smallest absolute Gasteiger partial charge is 0.338 e. The largest absolute Gasteiger partial charge is 0.412 e. The first-order valence-corrected chi connectivity index (χ1v) is 3.09. The predicted molar refractivity (Wildman–Crippen MR) is 36.4 cm³/mol. The first kappa shape index (κ1) is 16.2. The SMILES string of the molecule is CN(C)C.O.O=S(=O)=NO. The van der Waals surface area contributed by atoms with Gasteiger partial charge in [-0.3, -0.25) is 5.21 Å². The first-order valence-electron chi connectivity index (χ1n) is 2.06. The maximum atomic E-state index is 8.95. The van der Waals surface area contributed by atoms with E-state index in [9.17, 15) is 0 Å². The average Bonchev–Trinajstić information content (AvgIpc) is 1.65. The van der Waals surface area contributed by atoms with E-state index in [-0.39, 0.29) is 5.48 Å². The zero-order valence-electron chi connectivity index (χ0n) is 6.07. The first-order chi connectivity index (χ1) is 4.00. The molecule has 0 aliphatic rings. The highest BCUT2D eigenvalue weighted by molar-refractivity contribution is 7.61. The van der Waals surface area contributed by atoms with Crippen LogP contribution in [0.4, 0.5) is 0 Å². The molecule has 0 saturated heterocycles. The van der Waals surface area contributed by atoms with E-state index in [2.05, 4.69) is 0 Å². The van der Waals surface area contributed by atoms with E-state index >= 15 is 0 Å². The molecule has 0 aromatic heterocycles. The summed E-state index contributed by atoms with van der Waals surface area (Å²) in [6.45, 7) is 0. The molecule has 0 aromatic carbocycles. The highest BCUT2D eigenvalue weighted by Gasteiger charge is 1.58. The van der Waals surface area contributed by atoms with E-state index in [0.29, 0.717) is 0 Å². The van der Waals surface area contributed by atoms with E-state index in [4.69, 9.17) is 13.6 Å². The van der Waals surface area contributed by atoms with Crippen LogP contribution in [-0.4, -0.2) is 45.1 Å². The molecule has 0 bridgehead atoms.